The van der Waals surface area contributed by atoms with Gasteiger partial charge in [-0.3, -0.25) is 14.2 Å². The average Bonchev–Trinajstić information content (AvgIpc) is 2.47. The van der Waals surface area contributed by atoms with Crippen molar-refractivity contribution in [2.24, 2.45) is 0 Å². The van der Waals surface area contributed by atoms with E-state index in [4.69, 9.17) is 10.4 Å². The molecule has 2 rings (SSSR count). The van der Waals surface area contributed by atoms with Gasteiger partial charge in [-0.25, -0.2) is 0 Å². The molecule has 0 aliphatic heterocycles. The fraction of sp³-hybridized carbons (Fsp3) is 0.267. The number of carboxylic acids is 1. The van der Waals surface area contributed by atoms with Crippen molar-refractivity contribution in [2.75, 3.05) is 18.5 Å². The van der Waals surface area contributed by atoms with Crippen LogP contribution >= 0.6 is 0 Å². The zero-order valence-electron chi connectivity index (χ0n) is 11.6. The Morgan fingerprint density at radius 1 is 1.38 bits per heavy atom. The van der Waals surface area contributed by atoms with E-state index < -0.39 is 5.97 Å². The molecule has 0 bridgehead atoms. The second kappa shape index (κ2) is 6.09. The number of fused-ring (bicyclic) bond motifs is 1. The summed E-state index contributed by atoms with van der Waals surface area (Å²) in [5, 5.41) is 18.3. The quantitative estimate of drug-likeness (QED) is 0.898. The summed E-state index contributed by atoms with van der Waals surface area (Å²) in [7, 11) is 1.81. The fourth-order valence-corrected chi connectivity index (χ4v) is 2.15. The van der Waals surface area contributed by atoms with Gasteiger partial charge in [-0.2, -0.15) is 5.26 Å². The molecule has 2 aromatic rings. The van der Waals surface area contributed by atoms with Gasteiger partial charge in [-0.15, -0.1) is 0 Å². The summed E-state index contributed by atoms with van der Waals surface area (Å²) in [6.07, 6.45) is 0.0580. The number of aromatic nitrogens is 1. The molecule has 0 aliphatic rings. The lowest BCUT2D eigenvalue weighted by Gasteiger charge is -2.19. The van der Waals surface area contributed by atoms with Crippen molar-refractivity contribution in [1.82, 2.24) is 4.57 Å². The molecule has 0 radical (unpaired) electrons. The van der Waals surface area contributed by atoms with Crippen molar-refractivity contribution < 1.29 is 9.90 Å². The highest BCUT2D eigenvalue weighted by Gasteiger charge is 2.07. The van der Waals surface area contributed by atoms with Crippen LogP contribution in [0, 0.1) is 11.3 Å². The highest BCUT2D eigenvalue weighted by molar-refractivity contribution is 5.83. The Bertz CT molecular complexity index is 774. The molecular weight excluding hydrogens is 270 g/mol. The van der Waals surface area contributed by atoms with Gasteiger partial charge in [0, 0.05) is 30.7 Å². The number of rotatable bonds is 5. The van der Waals surface area contributed by atoms with Gasteiger partial charge in [0.25, 0.3) is 5.56 Å². The first-order chi connectivity index (χ1) is 10.0. The van der Waals surface area contributed by atoms with E-state index in [9.17, 15) is 9.59 Å². The summed E-state index contributed by atoms with van der Waals surface area (Å²) >= 11 is 0. The topological polar surface area (TPSA) is 86.3 Å². The van der Waals surface area contributed by atoms with E-state index in [1.165, 1.54) is 10.6 Å². The Morgan fingerprint density at radius 3 is 2.81 bits per heavy atom. The third-order valence-corrected chi connectivity index (χ3v) is 3.30. The van der Waals surface area contributed by atoms with Crippen LogP contribution in [0.1, 0.15) is 6.42 Å². The number of hydrogen-bond donors (Lipinski definition) is 1. The molecule has 6 heteroatoms. The molecule has 1 aromatic carbocycles. The first-order valence-electron chi connectivity index (χ1n) is 6.46. The first-order valence-corrected chi connectivity index (χ1v) is 6.46. The molecule has 1 heterocycles. The number of pyridine rings is 1. The van der Waals surface area contributed by atoms with Crippen LogP contribution in [0.5, 0.6) is 0 Å². The zero-order valence-corrected chi connectivity index (χ0v) is 11.6. The SMILES string of the molecule is CN(CCC(=O)O)c1ccc2c(ccc(=O)n2CC#N)c1. The van der Waals surface area contributed by atoms with Crippen LogP contribution in [0.15, 0.2) is 35.1 Å². The molecule has 108 valence electrons. The molecule has 6 nitrogen and oxygen atoms in total. The zero-order chi connectivity index (χ0) is 15.4. The van der Waals surface area contributed by atoms with Crippen molar-refractivity contribution >= 4 is 22.6 Å². The molecule has 0 atom stereocenters. The Morgan fingerprint density at radius 2 is 2.14 bits per heavy atom. The lowest BCUT2D eigenvalue weighted by atomic mass is 10.1. The third kappa shape index (κ3) is 3.20. The molecule has 0 saturated heterocycles. The van der Waals surface area contributed by atoms with Crippen LogP contribution < -0.4 is 10.5 Å². The minimum Gasteiger partial charge on any atom is -0.481 e. The van der Waals surface area contributed by atoms with Gasteiger partial charge in [0.15, 0.2) is 0 Å². The van der Waals surface area contributed by atoms with E-state index in [0.29, 0.717) is 12.1 Å². The van der Waals surface area contributed by atoms with Crippen LogP contribution in [0.25, 0.3) is 10.9 Å². The maximum absolute atomic E-state index is 11.8. The fourth-order valence-electron chi connectivity index (χ4n) is 2.15. The van der Waals surface area contributed by atoms with Crippen LogP contribution in [0.2, 0.25) is 0 Å². The Kier molecular flexibility index (Phi) is 4.24. The molecule has 0 unspecified atom stereocenters. The Labute approximate surface area is 121 Å². The molecule has 0 spiro atoms. The van der Waals surface area contributed by atoms with E-state index in [0.717, 1.165) is 11.1 Å². The van der Waals surface area contributed by atoms with E-state index in [1.54, 1.807) is 12.1 Å². The van der Waals surface area contributed by atoms with E-state index in [-0.39, 0.29) is 18.5 Å². The number of aliphatic carboxylic acids is 1. The number of nitrogens with zero attached hydrogens (tertiary/aromatic N) is 3. The molecular formula is C15H15N3O3. The predicted octanol–water partition coefficient (Wildman–Crippen LogP) is 1.44. The van der Waals surface area contributed by atoms with Crippen molar-refractivity contribution in [3.8, 4) is 6.07 Å². The molecule has 1 aromatic heterocycles. The number of carboxylic acid groups (broad SMARTS) is 1. The summed E-state index contributed by atoms with van der Waals surface area (Å²) in [4.78, 5) is 24.2. The van der Waals surface area contributed by atoms with E-state index in [2.05, 4.69) is 0 Å². The van der Waals surface area contributed by atoms with Gasteiger partial charge in [0.1, 0.15) is 6.54 Å². The first kappa shape index (κ1) is 14.6. The lowest BCUT2D eigenvalue weighted by Crippen LogP contribution is -2.21. The van der Waals surface area contributed by atoms with Crippen LogP contribution in [0.4, 0.5) is 5.69 Å². The maximum Gasteiger partial charge on any atom is 0.305 e. The summed E-state index contributed by atoms with van der Waals surface area (Å²) in [6.45, 7) is 0.406. The van der Waals surface area contributed by atoms with Gasteiger partial charge in [-0.05, 0) is 24.3 Å². The molecule has 0 amide bonds. The number of nitriles is 1. The molecule has 0 fully saturated rings. The highest BCUT2D eigenvalue weighted by Crippen LogP contribution is 2.20. The monoisotopic (exact) mass is 285 g/mol. The Hall–Kier alpha value is -2.81. The highest BCUT2D eigenvalue weighted by atomic mass is 16.4. The van der Waals surface area contributed by atoms with Gasteiger partial charge >= 0.3 is 5.97 Å². The molecule has 21 heavy (non-hydrogen) atoms. The van der Waals surface area contributed by atoms with Crippen molar-refractivity contribution in [3.05, 3.63) is 40.7 Å². The van der Waals surface area contributed by atoms with Crippen molar-refractivity contribution in [2.45, 2.75) is 13.0 Å². The van der Waals surface area contributed by atoms with Crippen molar-refractivity contribution in [1.29, 1.82) is 5.26 Å². The number of anilines is 1. The van der Waals surface area contributed by atoms with E-state index in [1.807, 2.05) is 30.1 Å². The standard InChI is InChI=1S/C15H15N3O3/c1-17(8-6-15(20)21)12-3-4-13-11(10-12)2-5-14(19)18(13)9-7-16/h2-5,10H,6,8-9H2,1H3,(H,20,21). The second-order valence-electron chi connectivity index (χ2n) is 4.72. The third-order valence-electron chi connectivity index (χ3n) is 3.30. The van der Waals surface area contributed by atoms with Crippen LogP contribution in [-0.4, -0.2) is 29.2 Å². The molecule has 1 N–H and O–H groups in total. The number of carbonyl (C=O) groups is 1. The van der Waals surface area contributed by atoms with Crippen molar-refractivity contribution in [3.63, 3.8) is 0 Å². The largest absolute Gasteiger partial charge is 0.481 e. The number of hydrogen-bond acceptors (Lipinski definition) is 4. The minimum atomic E-state index is -0.842. The normalized spacial score (nSPS) is 10.3. The second-order valence-corrected chi connectivity index (χ2v) is 4.72. The van der Waals surface area contributed by atoms with Gasteiger partial charge in [-0.1, -0.05) is 0 Å². The average molecular weight is 285 g/mol. The summed E-state index contributed by atoms with van der Waals surface area (Å²) in [5.74, 6) is -0.842. The summed E-state index contributed by atoms with van der Waals surface area (Å²) in [6, 6.07) is 10.6. The van der Waals surface area contributed by atoms with Gasteiger partial charge in [0.2, 0.25) is 0 Å². The van der Waals surface area contributed by atoms with Gasteiger partial charge < -0.3 is 10.0 Å². The lowest BCUT2D eigenvalue weighted by molar-refractivity contribution is -0.136. The van der Waals surface area contributed by atoms with E-state index >= 15 is 0 Å². The Balaban J connectivity index is 2.39. The summed E-state index contributed by atoms with van der Waals surface area (Å²) in [5.41, 5.74) is 1.35. The summed E-state index contributed by atoms with van der Waals surface area (Å²) < 4.78 is 1.41. The smallest absolute Gasteiger partial charge is 0.305 e. The van der Waals surface area contributed by atoms with Crippen LogP contribution in [-0.2, 0) is 11.3 Å². The molecule has 0 saturated carbocycles. The maximum atomic E-state index is 11.8. The van der Waals surface area contributed by atoms with Gasteiger partial charge in [0.05, 0.1) is 18.0 Å². The number of benzene rings is 1. The predicted molar refractivity (Wildman–Crippen MR) is 79.3 cm³/mol. The minimum absolute atomic E-state index is 0.00434. The van der Waals surface area contributed by atoms with Crippen LogP contribution in [0.3, 0.4) is 0 Å². The molecule has 0 aliphatic carbocycles.